The average molecular weight is 1230 g/mol. The molecule has 1 heterocycles. The van der Waals surface area contributed by atoms with E-state index >= 15 is 0 Å². The molecule has 0 amide bonds. The quantitative estimate of drug-likeness (QED) is 0.00900. The van der Waals surface area contributed by atoms with Crippen molar-refractivity contribution in [3.8, 4) is 34.5 Å². The minimum atomic E-state index is -0.458. The first-order valence-electron chi connectivity index (χ1n) is 31.7. The first-order valence-corrected chi connectivity index (χ1v) is 32.5. The number of benzene rings is 4. The number of fused-ring (bicyclic) bond motifs is 1. The second-order valence-electron chi connectivity index (χ2n) is 22.5. The maximum absolute atomic E-state index is 14.0. The van der Waals surface area contributed by atoms with Gasteiger partial charge in [0, 0.05) is 24.3 Å². The normalized spacial score (nSPS) is 16.5. The summed E-state index contributed by atoms with van der Waals surface area (Å²) in [5.74, 6) is -1.19. The van der Waals surface area contributed by atoms with Gasteiger partial charge >= 0.3 is 35.8 Å². The Hall–Kier alpha value is -7.86. The number of hydrogen-bond donors (Lipinski definition) is 0. The summed E-state index contributed by atoms with van der Waals surface area (Å²) in [4.78, 5) is 81.6. The molecule has 1 aromatic heterocycles. The van der Waals surface area contributed by atoms with E-state index in [0.717, 1.165) is 118 Å². The largest absolute Gasteiger partial charge is 0.494 e. The zero-order valence-corrected chi connectivity index (χ0v) is 51.9. The molecular weight excluding hydrogens is 1140 g/mol. The third-order valence-electron chi connectivity index (χ3n) is 15.8. The Morgan fingerprint density at radius 2 is 0.909 bits per heavy atom. The standard InChI is InChI=1S/C70H87N3O14S/c1-4-7-8-19-44-73(70-72-61-24-17-18-25-63(61)88-70)71-50-55-49-60(86-68(78)53-28-26-51(27-29-53)66(76)84-58-38-34-56(35-39-58)80-45-20-13-9-11-15-22-47-82-64(74)5-2)42-43-62(55)87-69(79)54-32-30-52(31-33-54)67(77)85-59-40-36-57(37-41-59)81-46-21-14-10-12-16-23-48-83-65(75)6-3/h5-6,17-18,24-25,34-43,49-54H,2-4,7-16,19-23,26-33,44-48H2,1H3/b71-50+/t51-,52-,53-,54-. The van der Waals surface area contributed by atoms with E-state index in [9.17, 15) is 28.8 Å². The molecule has 0 saturated heterocycles. The van der Waals surface area contributed by atoms with Gasteiger partial charge in [-0.2, -0.15) is 5.10 Å². The molecule has 7 rings (SSSR count). The number of unbranched alkanes of at least 4 members (excludes halogenated alkanes) is 13. The van der Waals surface area contributed by atoms with E-state index in [1.54, 1.807) is 84.3 Å². The third kappa shape index (κ3) is 23.3. The Morgan fingerprint density at radius 1 is 0.500 bits per heavy atom. The summed E-state index contributed by atoms with van der Waals surface area (Å²) in [6, 6.07) is 26.9. The van der Waals surface area contributed by atoms with Crippen molar-refractivity contribution >= 4 is 68.7 Å². The molecule has 2 aliphatic carbocycles. The van der Waals surface area contributed by atoms with Gasteiger partial charge in [0.2, 0.25) is 5.13 Å². The van der Waals surface area contributed by atoms with Crippen LogP contribution in [0.5, 0.6) is 34.5 Å². The van der Waals surface area contributed by atoms with Crippen molar-refractivity contribution in [2.45, 2.75) is 161 Å². The molecular formula is C70H87N3O14S. The zero-order chi connectivity index (χ0) is 62.1. The van der Waals surface area contributed by atoms with Gasteiger partial charge < -0.3 is 37.9 Å². The highest BCUT2D eigenvalue weighted by atomic mass is 32.1. The van der Waals surface area contributed by atoms with E-state index in [-0.39, 0.29) is 47.2 Å². The number of carbonyl (C=O) groups excluding carboxylic acids is 6. The third-order valence-corrected chi connectivity index (χ3v) is 16.8. The smallest absolute Gasteiger partial charge is 0.330 e. The highest BCUT2D eigenvalue weighted by Gasteiger charge is 2.34. The molecule has 0 unspecified atom stereocenters. The molecule has 0 bridgehead atoms. The number of para-hydroxylation sites is 1. The number of aromatic nitrogens is 1. The summed E-state index contributed by atoms with van der Waals surface area (Å²) in [6.45, 7) is 11.6. The van der Waals surface area contributed by atoms with E-state index in [1.165, 1.54) is 12.2 Å². The number of hydrogen-bond acceptors (Lipinski definition) is 18. The molecule has 2 saturated carbocycles. The predicted molar refractivity (Wildman–Crippen MR) is 340 cm³/mol. The van der Waals surface area contributed by atoms with Gasteiger partial charge in [0.25, 0.3) is 0 Å². The molecule has 17 nitrogen and oxygen atoms in total. The molecule has 5 aromatic rings. The molecule has 4 aromatic carbocycles. The van der Waals surface area contributed by atoms with Crippen molar-refractivity contribution in [1.29, 1.82) is 0 Å². The molecule has 0 aliphatic heterocycles. The number of anilines is 1. The van der Waals surface area contributed by atoms with E-state index in [1.807, 2.05) is 29.3 Å². The summed E-state index contributed by atoms with van der Waals surface area (Å²) >= 11 is 1.54. The molecule has 0 radical (unpaired) electrons. The lowest BCUT2D eigenvalue weighted by Gasteiger charge is -2.26. The summed E-state index contributed by atoms with van der Waals surface area (Å²) in [5.41, 5.74) is 1.30. The molecule has 0 N–H and O–H groups in total. The van der Waals surface area contributed by atoms with Crippen molar-refractivity contribution < 1.29 is 66.7 Å². The Morgan fingerprint density at radius 3 is 1.38 bits per heavy atom. The second-order valence-corrected chi connectivity index (χ2v) is 23.5. The molecule has 2 aliphatic rings. The summed E-state index contributed by atoms with van der Waals surface area (Å²) < 4.78 is 46.6. The van der Waals surface area contributed by atoms with Crippen molar-refractivity contribution in [2.75, 3.05) is 38.0 Å². The number of carbonyl (C=O) groups is 6. The van der Waals surface area contributed by atoms with Crippen molar-refractivity contribution in [3.63, 3.8) is 0 Å². The van der Waals surface area contributed by atoms with Crippen LogP contribution in [-0.2, 0) is 38.2 Å². The van der Waals surface area contributed by atoms with Gasteiger partial charge in [0.05, 0.1) is 66.5 Å². The monoisotopic (exact) mass is 1230 g/mol. The van der Waals surface area contributed by atoms with Gasteiger partial charge in [-0.3, -0.25) is 19.2 Å². The first kappa shape index (κ1) is 67.6. The van der Waals surface area contributed by atoms with Gasteiger partial charge in [0.1, 0.15) is 34.5 Å². The van der Waals surface area contributed by atoms with Gasteiger partial charge in [-0.1, -0.05) is 114 Å². The zero-order valence-electron chi connectivity index (χ0n) is 51.1. The van der Waals surface area contributed by atoms with Crippen LogP contribution < -0.4 is 33.4 Å². The van der Waals surface area contributed by atoms with Crippen LogP contribution in [0.2, 0.25) is 0 Å². The van der Waals surface area contributed by atoms with E-state index in [0.29, 0.717) is 113 Å². The maximum atomic E-state index is 14.0. The molecule has 88 heavy (non-hydrogen) atoms. The first-order chi connectivity index (χ1) is 43.0. The Labute approximate surface area is 522 Å². The van der Waals surface area contributed by atoms with Crippen LogP contribution >= 0.6 is 11.3 Å². The molecule has 0 atom stereocenters. The van der Waals surface area contributed by atoms with E-state index < -0.39 is 23.8 Å². The minimum Gasteiger partial charge on any atom is -0.494 e. The van der Waals surface area contributed by atoms with Crippen molar-refractivity contribution in [3.05, 3.63) is 122 Å². The molecule has 2 fully saturated rings. The van der Waals surface area contributed by atoms with Crippen LogP contribution in [-0.4, -0.2) is 80.0 Å². The lowest BCUT2D eigenvalue weighted by Crippen LogP contribution is -2.30. The second kappa shape index (κ2) is 37.7. The Kier molecular flexibility index (Phi) is 29.0. The molecule has 0 spiro atoms. The summed E-state index contributed by atoms with van der Waals surface area (Å²) in [5, 5.41) is 7.53. The lowest BCUT2D eigenvalue weighted by atomic mass is 9.82. The van der Waals surface area contributed by atoms with Crippen LogP contribution in [0.3, 0.4) is 0 Å². The minimum absolute atomic E-state index is 0.248. The maximum Gasteiger partial charge on any atom is 0.330 e. The van der Waals surface area contributed by atoms with Crippen LogP contribution in [0.25, 0.3) is 10.2 Å². The average Bonchev–Trinajstić information content (AvgIpc) is 3.09. The lowest BCUT2D eigenvalue weighted by molar-refractivity contribution is -0.145. The fourth-order valence-electron chi connectivity index (χ4n) is 10.6. The van der Waals surface area contributed by atoms with E-state index in [4.69, 9.17) is 48.0 Å². The topological polar surface area (TPSA) is 205 Å². The van der Waals surface area contributed by atoms with Crippen LogP contribution in [0.4, 0.5) is 5.13 Å². The summed E-state index contributed by atoms with van der Waals surface area (Å²) in [6.07, 6.45) is 23.5. The molecule has 18 heteroatoms. The number of rotatable bonds is 38. The number of ether oxygens (including phenoxy) is 8. The van der Waals surface area contributed by atoms with Gasteiger partial charge in [-0.05, 0) is 162 Å². The van der Waals surface area contributed by atoms with Crippen LogP contribution in [0.15, 0.2) is 121 Å². The van der Waals surface area contributed by atoms with Gasteiger partial charge in [-0.25, -0.2) is 19.6 Å². The summed E-state index contributed by atoms with van der Waals surface area (Å²) in [7, 11) is 0. The van der Waals surface area contributed by atoms with Gasteiger partial charge in [0.15, 0.2) is 0 Å². The van der Waals surface area contributed by atoms with Crippen molar-refractivity contribution in [2.24, 2.45) is 28.8 Å². The van der Waals surface area contributed by atoms with E-state index in [2.05, 4.69) is 20.1 Å². The highest BCUT2D eigenvalue weighted by molar-refractivity contribution is 7.22. The number of thiazole rings is 1. The number of esters is 6. The Balaban J connectivity index is 0.885. The van der Waals surface area contributed by atoms with Crippen molar-refractivity contribution in [1.82, 2.24) is 4.98 Å². The highest BCUT2D eigenvalue weighted by Crippen LogP contribution is 2.36. The number of hydrazone groups is 1. The molecule has 472 valence electrons. The fraction of sp³-hybridized carbons (Fsp3) is 0.486. The predicted octanol–water partition coefficient (Wildman–Crippen LogP) is 15.2. The number of nitrogens with zero attached hydrogens (tertiary/aromatic N) is 3. The Bertz CT molecular complexity index is 3000. The van der Waals surface area contributed by atoms with Gasteiger partial charge in [-0.15, -0.1) is 0 Å². The van der Waals surface area contributed by atoms with Crippen LogP contribution in [0.1, 0.15) is 167 Å². The van der Waals surface area contributed by atoms with Crippen LogP contribution in [0, 0.1) is 23.7 Å². The SMILES string of the molecule is C=CC(=O)OCCCCCCCCOc1ccc(OC(=O)[C@H]2CC[C@H](C(=O)Oc3ccc(OC(=O)[C@H]4CC[C@H](C(=O)Oc5ccc(OCCCCCCCCOC(=O)C=C)cc5)CC4)c(/C=N/N(CCCCCC)c4nc5ccccc5s4)c3)CC2)cc1. The fourth-order valence-corrected chi connectivity index (χ4v) is 11.5.